The highest BCUT2D eigenvalue weighted by molar-refractivity contribution is 7.52. The topological polar surface area (TPSA) is 212 Å². The van der Waals surface area contributed by atoms with E-state index in [1.165, 1.54) is 0 Å². The Kier molecular flexibility index (Phi) is 17.8. The zero-order chi connectivity index (χ0) is 27.0. The normalized spacial score (nSPS) is 13.3. The number of nitrogens with zero attached hydrogens (tertiary/aromatic N) is 1. The van der Waals surface area contributed by atoms with Crippen LogP contribution in [0.15, 0.2) is 0 Å². The largest absolute Gasteiger partial charge is 0.505 e. The molecule has 0 aliphatic rings. The first kappa shape index (κ1) is 34.7. The number of amides is 1. The highest BCUT2D eigenvalue weighted by Gasteiger charge is 2.34. The van der Waals surface area contributed by atoms with Gasteiger partial charge in [0.25, 0.3) is 0 Å². The summed E-state index contributed by atoms with van der Waals surface area (Å²) < 4.78 is 49.7. The highest BCUT2D eigenvalue weighted by Crippen LogP contribution is 2.35. The van der Waals surface area contributed by atoms with Crippen LogP contribution in [0, 0.1) is 0 Å². The molecule has 0 aliphatic carbocycles. The Labute approximate surface area is 206 Å². The van der Waals surface area contributed by atoms with Crippen LogP contribution in [-0.4, -0.2) is 120 Å². The Morgan fingerprint density at radius 3 is 1.69 bits per heavy atom. The van der Waals surface area contributed by atoms with Crippen molar-refractivity contribution >= 4 is 29.1 Å². The molecule has 0 aromatic carbocycles. The standard InChI is InChI=1S/C18H39N2O12P3/c1-20(2)7-6-17(21)19-18(14-30-8-3-11-33(22)23,15-31-9-4-12-34(24,25)26)16-32-10-5-13-35(27,28)29/h3-16H2,1-2H3,(H5-,19,21,22,23,24,25,26,27,28,29)/p+1. The third-order valence-electron chi connectivity index (χ3n) is 4.44. The van der Waals surface area contributed by atoms with E-state index in [0.717, 1.165) is 0 Å². The van der Waals surface area contributed by atoms with E-state index in [0.29, 0.717) is 13.0 Å². The van der Waals surface area contributed by atoms with E-state index < -0.39 is 28.8 Å². The third kappa shape index (κ3) is 22.6. The lowest BCUT2D eigenvalue weighted by molar-refractivity contribution is -0.127. The van der Waals surface area contributed by atoms with Crippen LogP contribution in [0.25, 0.3) is 0 Å². The lowest BCUT2D eigenvalue weighted by atomic mass is 10.0. The summed E-state index contributed by atoms with van der Waals surface area (Å²) in [7, 11) is -7.02. The molecule has 0 bridgehead atoms. The van der Waals surface area contributed by atoms with E-state index in [1.54, 1.807) is 0 Å². The van der Waals surface area contributed by atoms with Gasteiger partial charge >= 0.3 is 23.2 Å². The minimum absolute atomic E-state index is 0.00359. The number of carbonyl (C=O) groups excluding carboxylic acids is 1. The van der Waals surface area contributed by atoms with E-state index >= 15 is 0 Å². The smallest absolute Gasteiger partial charge is 0.379 e. The average molecular weight is 569 g/mol. The molecule has 0 saturated carbocycles. The molecule has 0 aromatic rings. The van der Waals surface area contributed by atoms with Crippen molar-refractivity contribution in [3.05, 3.63) is 0 Å². The fourth-order valence-electron chi connectivity index (χ4n) is 2.77. The van der Waals surface area contributed by atoms with Gasteiger partial charge in [0.1, 0.15) is 5.54 Å². The van der Waals surface area contributed by atoms with Crippen molar-refractivity contribution in [3.8, 4) is 0 Å². The van der Waals surface area contributed by atoms with Gasteiger partial charge < -0.3 is 44.0 Å². The zero-order valence-corrected chi connectivity index (χ0v) is 23.0. The van der Waals surface area contributed by atoms with E-state index in [-0.39, 0.29) is 83.3 Å². The molecule has 17 heteroatoms. The molecule has 6 N–H and O–H groups in total. The van der Waals surface area contributed by atoms with Gasteiger partial charge in [-0.15, -0.1) is 0 Å². The molecule has 0 spiro atoms. The Hall–Kier alpha value is -0.330. The number of hydrogen-bond acceptors (Lipinski definition) is 8. The zero-order valence-electron chi connectivity index (χ0n) is 20.3. The molecule has 0 rings (SSSR count). The molecule has 208 valence electrons. The molecule has 0 aliphatic heterocycles. The van der Waals surface area contributed by atoms with Crippen LogP contribution in [0.3, 0.4) is 0 Å². The molecule has 1 amide bonds. The van der Waals surface area contributed by atoms with Crippen molar-refractivity contribution in [2.75, 3.05) is 78.8 Å². The van der Waals surface area contributed by atoms with Crippen LogP contribution >= 0.6 is 23.2 Å². The third-order valence-corrected chi connectivity index (χ3v) is 6.94. The van der Waals surface area contributed by atoms with Gasteiger partial charge in [-0.05, 0) is 31.5 Å². The first-order valence-electron chi connectivity index (χ1n) is 11.1. The van der Waals surface area contributed by atoms with Crippen LogP contribution in [0.4, 0.5) is 0 Å². The van der Waals surface area contributed by atoms with Crippen molar-refractivity contribution in [2.24, 2.45) is 0 Å². The molecule has 1 atom stereocenters. The molecular formula is C18H40N2O12P3+. The molecule has 1 unspecified atom stereocenters. The lowest BCUT2D eigenvalue weighted by Gasteiger charge is -2.34. The molecule has 14 nitrogen and oxygen atoms in total. The van der Waals surface area contributed by atoms with E-state index in [9.17, 15) is 18.5 Å². The van der Waals surface area contributed by atoms with Crippen molar-refractivity contribution in [1.82, 2.24) is 10.2 Å². The van der Waals surface area contributed by atoms with Crippen LogP contribution in [0.2, 0.25) is 0 Å². The van der Waals surface area contributed by atoms with Crippen molar-refractivity contribution in [3.63, 3.8) is 0 Å². The summed E-state index contributed by atoms with van der Waals surface area (Å²) in [6, 6.07) is 0. The van der Waals surface area contributed by atoms with E-state index in [1.807, 2.05) is 19.0 Å². The van der Waals surface area contributed by atoms with Crippen molar-refractivity contribution in [1.29, 1.82) is 0 Å². The summed E-state index contributed by atoms with van der Waals surface area (Å²) in [4.78, 5) is 59.3. The van der Waals surface area contributed by atoms with Gasteiger partial charge in [0, 0.05) is 32.6 Å². The highest BCUT2D eigenvalue weighted by atomic mass is 31.2. The number of ether oxygens (including phenoxy) is 3. The fraction of sp³-hybridized carbons (Fsp3) is 0.944. The second kappa shape index (κ2) is 18.0. The van der Waals surface area contributed by atoms with Gasteiger partial charge in [-0.1, -0.05) is 0 Å². The Morgan fingerprint density at radius 1 is 0.886 bits per heavy atom. The summed E-state index contributed by atoms with van der Waals surface area (Å²) in [5, 5.41) is 2.85. The van der Waals surface area contributed by atoms with Crippen LogP contribution < -0.4 is 5.32 Å². The minimum Gasteiger partial charge on any atom is -0.379 e. The second-order valence-electron chi connectivity index (χ2n) is 8.45. The minimum atomic E-state index is -4.17. The number of rotatable bonds is 22. The summed E-state index contributed by atoms with van der Waals surface area (Å²) in [5.41, 5.74) is -1.20. The maximum Gasteiger partial charge on any atom is 0.505 e. The lowest BCUT2D eigenvalue weighted by Crippen LogP contribution is -2.59. The van der Waals surface area contributed by atoms with E-state index in [4.69, 9.17) is 38.7 Å². The van der Waals surface area contributed by atoms with Crippen molar-refractivity contribution < 1.29 is 57.2 Å². The van der Waals surface area contributed by atoms with Gasteiger partial charge in [0.05, 0.1) is 38.8 Å². The summed E-state index contributed by atoms with van der Waals surface area (Å²) in [5.74, 6) is -0.321. The predicted octanol–water partition coefficient (Wildman–Crippen LogP) is 0.103. The summed E-state index contributed by atoms with van der Waals surface area (Å²) in [6.07, 6.45) is -0.0210. The number of hydrogen-bond donors (Lipinski definition) is 6. The average Bonchev–Trinajstić information content (AvgIpc) is 2.69. The molecule has 0 fully saturated rings. The first-order chi connectivity index (χ1) is 16.1. The molecule has 0 saturated heterocycles. The van der Waals surface area contributed by atoms with Crippen LogP contribution in [0.1, 0.15) is 25.7 Å². The van der Waals surface area contributed by atoms with Gasteiger partial charge in [0.2, 0.25) is 5.91 Å². The Balaban J connectivity index is 5.24. The molecule has 0 heterocycles. The molecular weight excluding hydrogens is 529 g/mol. The predicted molar refractivity (Wildman–Crippen MR) is 129 cm³/mol. The second-order valence-corrected chi connectivity index (χ2v) is 13.2. The fourth-order valence-corrected chi connectivity index (χ4v) is 4.25. The monoisotopic (exact) mass is 569 g/mol. The Bertz CT molecular complexity index is 681. The van der Waals surface area contributed by atoms with Crippen LogP contribution in [0.5, 0.6) is 0 Å². The quantitative estimate of drug-likeness (QED) is 0.0755. The molecule has 0 aromatic heterocycles. The van der Waals surface area contributed by atoms with Crippen molar-refractivity contribution in [2.45, 2.75) is 31.2 Å². The SMILES string of the molecule is CN(C)CCC(=O)NC(COCCC[P+](=O)O)(COCCCP(=O)(O)O)COCCCP(=O)(O)O. The number of nitrogens with one attached hydrogen (secondary N) is 1. The van der Waals surface area contributed by atoms with Gasteiger partial charge in [-0.3, -0.25) is 13.9 Å². The maximum absolute atomic E-state index is 12.6. The molecule has 0 radical (unpaired) electrons. The van der Waals surface area contributed by atoms with Gasteiger partial charge in [-0.25, -0.2) is 0 Å². The van der Waals surface area contributed by atoms with E-state index in [2.05, 4.69) is 5.32 Å². The first-order valence-corrected chi connectivity index (χ1v) is 16.1. The van der Waals surface area contributed by atoms with Gasteiger partial charge in [0.15, 0.2) is 6.16 Å². The molecule has 35 heavy (non-hydrogen) atoms. The summed E-state index contributed by atoms with van der Waals surface area (Å²) >= 11 is 0. The number of carbonyl (C=O) groups is 1. The summed E-state index contributed by atoms with van der Waals surface area (Å²) in [6.45, 7) is 0.294. The van der Waals surface area contributed by atoms with Gasteiger partial charge in [-0.2, -0.15) is 4.89 Å². The maximum atomic E-state index is 12.6. The van der Waals surface area contributed by atoms with Crippen LogP contribution in [-0.2, 0) is 32.7 Å². The Morgan fingerprint density at radius 2 is 1.31 bits per heavy atom.